The molecule has 0 fully saturated rings. The molecule has 1 aromatic heterocycles. The van der Waals surface area contributed by atoms with Crippen LogP contribution in [-0.2, 0) is 17.8 Å². The molecule has 0 saturated heterocycles. The van der Waals surface area contributed by atoms with E-state index in [1.807, 2.05) is 17.7 Å². The van der Waals surface area contributed by atoms with E-state index < -0.39 is 0 Å². The fourth-order valence-electron chi connectivity index (χ4n) is 1.66. The monoisotopic (exact) mass is 224 g/mol. The number of rotatable bonds is 7. The largest absolute Gasteiger partial charge is 0.368 e. The Bertz CT molecular complexity index is 334. The Morgan fingerprint density at radius 3 is 2.94 bits per heavy atom. The van der Waals surface area contributed by atoms with Crippen LogP contribution in [0.4, 0.5) is 0 Å². The van der Waals surface area contributed by atoms with Crippen molar-refractivity contribution in [1.82, 2.24) is 14.9 Å². The maximum absolute atomic E-state index is 11.2. The first-order chi connectivity index (χ1) is 7.69. The molecule has 0 radical (unpaired) electrons. The number of nitrogens with zero attached hydrogens (tertiary/aromatic N) is 2. The summed E-state index contributed by atoms with van der Waals surface area (Å²) >= 11 is 0. The quantitative estimate of drug-likeness (QED) is 0.699. The topological polar surface area (TPSA) is 72.9 Å². The molecule has 16 heavy (non-hydrogen) atoms. The van der Waals surface area contributed by atoms with Gasteiger partial charge in [-0.1, -0.05) is 13.8 Å². The SMILES string of the molecule is CCCc1nccn1CC(NCC)C(N)=O. The first-order valence-corrected chi connectivity index (χ1v) is 5.71. The number of aromatic nitrogens is 2. The van der Waals surface area contributed by atoms with Crippen LogP contribution in [0.25, 0.3) is 0 Å². The van der Waals surface area contributed by atoms with Crippen LogP contribution in [0.15, 0.2) is 12.4 Å². The molecular weight excluding hydrogens is 204 g/mol. The second-order valence-corrected chi connectivity index (χ2v) is 3.76. The zero-order chi connectivity index (χ0) is 12.0. The highest BCUT2D eigenvalue weighted by atomic mass is 16.1. The van der Waals surface area contributed by atoms with Gasteiger partial charge >= 0.3 is 0 Å². The smallest absolute Gasteiger partial charge is 0.236 e. The van der Waals surface area contributed by atoms with Gasteiger partial charge in [-0.05, 0) is 13.0 Å². The van der Waals surface area contributed by atoms with Crippen LogP contribution in [0.5, 0.6) is 0 Å². The van der Waals surface area contributed by atoms with Gasteiger partial charge in [0.2, 0.25) is 5.91 Å². The lowest BCUT2D eigenvalue weighted by molar-refractivity contribution is -0.120. The Morgan fingerprint density at radius 1 is 1.62 bits per heavy atom. The molecule has 90 valence electrons. The van der Waals surface area contributed by atoms with Crippen molar-refractivity contribution in [2.24, 2.45) is 5.73 Å². The van der Waals surface area contributed by atoms with Crippen molar-refractivity contribution in [3.8, 4) is 0 Å². The molecule has 0 aliphatic carbocycles. The normalized spacial score (nSPS) is 12.6. The van der Waals surface area contributed by atoms with Crippen molar-refractivity contribution in [3.63, 3.8) is 0 Å². The zero-order valence-electron chi connectivity index (χ0n) is 9.94. The zero-order valence-corrected chi connectivity index (χ0v) is 9.94. The third kappa shape index (κ3) is 3.34. The van der Waals surface area contributed by atoms with E-state index in [9.17, 15) is 4.79 Å². The molecule has 0 aliphatic rings. The van der Waals surface area contributed by atoms with Gasteiger partial charge in [-0.15, -0.1) is 0 Å². The summed E-state index contributed by atoms with van der Waals surface area (Å²) in [6.45, 7) is 5.34. The number of likely N-dealkylation sites (N-methyl/N-ethyl adjacent to an activating group) is 1. The number of carbonyl (C=O) groups is 1. The number of aryl methyl sites for hydroxylation is 1. The average molecular weight is 224 g/mol. The number of hydrogen-bond acceptors (Lipinski definition) is 3. The molecule has 5 heteroatoms. The van der Waals surface area contributed by atoms with Crippen LogP contribution in [0, 0.1) is 0 Å². The summed E-state index contributed by atoms with van der Waals surface area (Å²) in [4.78, 5) is 15.5. The summed E-state index contributed by atoms with van der Waals surface area (Å²) in [5.41, 5.74) is 5.33. The lowest BCUT2D eigenvalue weighted by Crippen LogP contribution is -2.44. The summed E-state index contributed by atoms with van der Waals surface area (Å²) in [6, 6.07) is -0.324. The standard InChI is InChI=1S/C11H20N4O/c1-3-5-10-14-6-7-15(10)8-9(11(12)16)13-4-2/h6-7,9,13H,3-5,8H2,1-2H3,(H2,12,16). The third-order valence-electron chi connectivity index (χ3n) is 2.45. The van der Waals surface area contributed by atoms with E-state index in [0.29, 0.717) is 6.54 Å². The molecule has 3 N–H and O–H groups in total. The molecule has 0 saturated carbocycles. The molecule has 1 unspecified atom stereocenters. The van der Waals surface area contributed by atoms with Gasteiger partial charge in [0.05, 0.1) is 0 Å². The number of nitrogens with one attached hydrogen (secondary N) is 1. The van der Waals surface area contributed by atoms with Gasteiger partial charge in [0.25, 0.3) is 0 Å². The van der Waals surface area contributed by atoms with E-state index in [2.05, 4.69) is 17.2 Å². The first-order valence-electron chi connectivity index (χ1n) is 5.71. The van der Waals surface area contributed by atoms with Crippen molar-refractivity contribution >= 4 is 5.91 Å². The first kappa shape index (κ1) is 12.7. The van der Waals surface area contributed by atoms with Crippen LogP contribution in [-0.4, -0.2) is 28.0 Å². The fourth-order valence-corrected chi connectivity index (χ4v) is 1.66. The minimum Gasteiger partial charge on any atom is -0.368 e. The minimum atomic E-state index is -0.324. The van der Waals surface area contributed by atoms with E-state index in [1.54, 1.807) is 6.20 Å². The number of nitrogens with two attached hydrogens (primary N) is 1. The predicted molar refractivity (Wildman–Crippen MR) is 62.9 cm³/mol. The second-order valence-electron chi connectivity index (χ2n) is 3.76. The molecule has 0 spiro atoms. The summed E-state index contributed by atoms with van der Waals surface area (Å²) in [5, 5.41) is 3.07. The molecule has 1 amide bonds. The molecule has 0 aromatic carbocycles. The summed E-state index contributed by atoms with van der Waals surface area (Å²) < 4.78 is 1.99. The number of carbonyl (C=O) groups excluding carboxylic acids is 1. The van der Waals surface area contributed by atoms with Crippen LogP contribution < -0.4 is 11.1 Å². The highest BCUT2D eigenvalue weighted by molar-refractivity contribution is 5.79. The van der Waals surface area contributed by atoms with Crippen molar-refractivity contribution in [1.29, 1.82) is 0 Å². The van der Waals surface area contributed by atoms with E-state index in [0.717, 1.165) is 25.2 Å². The number of amides is 1. The highest BCUT2D eigenvalue weighted by Crippen LogP contribution is 2.02. The molecular formula is C11H20N4O. The maximum Gasteiger partial charge on any atom is 0.236 e. The molecule has 1 heterocycles. The summed E-state index contributed by atoms with van der Waals surface area (Å²) in [5.74, 6) is 0.685. The molecule has 0 bridgehead atoms. The Kier molecular flexibility index (Phi) is 4.98. The highest BCUT2D eigenvalue weighted by Gasteiger charge is 2.15. The molecule has 1 rings (SSSR count). The Morgan fingerprint density at radius 2 is 2.38 bits per heavy atom. The number of hydrogen-bond donors (Lipinski definition) is 2. The predicted octanol–water partition coefficient (Wildman–Crippen LogP) is 0.299. The Labute approximate surface area is 96.0 Å². The number of imidazole rings is 1. The second kappa shape index (κ2) is 6.27. The van der Waals surface area contributed by atoms with E-state index >= 15 is 0 Å². The number of primary amides is 1. The Balaban J connectivity index is 2.68. The van der Waals surface area contributed by atoms with Crippen molar-refractivity contribution in [3.05, 3.63) is 18.2 Å². The van der Waals surface area contributed by atoms with Crippen LogP contribution >= 0.6 is 0 Å². The average Bonchev–Trinajstić information content (AvgIpc) is 2.65. The van der Waals surface area contributed by atoms with Gasteiger partial charge in [-0.25, -0.2) is 4.98 Å². The molecule has 0 aliphatic heterocycles. The maximum atomic E-state index is 11.2. The van der Waals surface area contributed by atoms with Gasteiger partial charge in [0, 0.05) is 25.4 Å². The van der Waals surface area contributed by atoms with Crippen molar-refractivity contribution < 1.29 is 4.79 Å². The van der Waals surface area contributed by atoms with E-state index in [4.69, 9.17) is 5.73 Å². The van der Waals surface area contributed by atoms with Crippen molar-refractivity contribution in [2.45, 2.75) is 39.3 Å². The lowest BCUT2D eigenvalue weighted by atomic mass is 10.2. The van der Waals surface area contributed by atoms with Crippen LogP contribution in [0.3, 0.4) is 0 Å². The van der Waals surface area contributed by atoms with Crippen LogP contribution in [0.2, 0.25) is 0 Å². The van der Waals surface area contributed by atoms with Gasteiger partial charge in [0.15, 0.2) is 0 Å². The Hall–Kier alpha value is -1.36. The van der Waals surface area contributed by atoms with Gasteiger partial charge in [-0.2, -0.15) is 0 Å². The third-order valence-corrected chi connectivity index (χ3v) is 2.45. The molecule has 1 atom stereocenters. The van der Waals surface area contributed by atoms with E-state index in [-0.39, 0.29) is 11.9 Å². The van der Waals surface area contributed by atoms with Gasteiger partial charge in [0.1, 0.15) is 11.9 Å². The minimum absolute atomic E-state index is 0.321. The van der Waals surface area contributed by atoms with E-state index in [1.165, 1.54) is 0 Å². The summed E-state index contributed by atoms with van der Waals surface area (Å²) in [6.07, 6.45) is 5.61. The van der Waals surface area contributed by atoms with Crippen LogP contribution in [0.1, 0.15) is 26.1 Å². The van der Waals surface area contributed by atoms with Crippen molar-refractivity contribution in [2.75, 3.05) is 6.54 Å². The van der Waals surface area contributed by atoms with Gasteiger partial charge < -0.3 is 15.6 Å². The summed E-state index contributed by atoms with van der Waals surface area (Å²) in [7, 11) is 0. The van der Waals surface area contributed by atoms with Gasteiger partial charge in [-0.3, -0.25) is 4.79 Å². The lowest BCUT2D eigenvalue weighted by Gasteiger charge is -2.16. The molecule has 5 nitrogen and oxygen atoms in total. The fraction of sp³-hybridized carbons (Fsp3) is 0.636. The molecule has 1 aromatic rings.